The standard InChI is InChI=1S/C23H28FN3O2/c1-16(18-10-12-25-13-11-18)14-22(28)26-15-17-2-4-19(5-3-17)23(29)27-21-8-6-20(24)7-9-21/h2-9,16,18,25H,10-15H2,1H3,(H,26,28)(H,27,29). The summed E-state index contributed by atoms with van der Waals surface area (Å²) < 4.78 is 12.9. The second kappa shape index (κ2) is 10.2. The number of amides is 2. The summed E-state index contributed by atoms with van der Waals surface area (Å²) in [5.41, 5.74) is 1.98. The second-order valence-electron chi connectivity index (χ2n) is 7.70. The fraction of sp³-hybridized carbons (Fsp3) is 0.391. The van der Waals surface area contributed by atoms with Crippen LogP contribution in [0.4, 0.5) is 10.1 Å². The first kappa shape index (κ1) is 21.0. The molecule has 0 aliphatic carbocycles. The number of carbonyl (C=O) groups excluding carboxylic acids is 2. The number of carbonyl (C=O) groups is 2. The van der Waals surface area contributed by atoms with Gasteiger partial charge in [0.15, 0.2) is 0 Å². The van der Waals surface area contributed by atoms with Crippen molar-refractivity contribution in [3.05, 3.63) is 65.5 Å². The Labute approximate surface area is 171 Å². The maximum Gasteiger partial charge on any atom is 0.255 e. The van der Waals surface area contributed by atoms with Crippen LogP contribution in [0, 0.1) is 17.7 Å². The molecule has 2 amide bonds. The number of nitrogens with one attached hydrogen (secondary N) is 3. The van der Waals surface area contributed by atoms with E-state index in [9.17, 15) is 14.0 Å². The molecule has 1 unspecified atom stereocenters. The number of benzene rings is 2. The van der Waals surface area contributed by atoms with Crippen LogP contribution in [0.3, 0.4) is 0 Å². The van der Waals surface area contributed by atoms with E-state index in [0.717, 1.165) is 31.5 Å². The third-order valence-corrected chi connectivity index (χ3v) is 5.50. The molecule has 0 spiro atoms. The zero-order valence-electron chi connectivity index (χ0n) is 16.7. The molecule has 5 nitrogen and oxygen atoms in total. The highest BCUT2D eigenvalue weighted by Crippen LogP contribution is 2.24. The molecule has 1 heterocycles. The molecule has 0 aromatic heterocycles. The molecule has 1 fully saturated rings. The van der Waals surface area contributed by atoms with Crippen molar-refractivity contribution in [1.29, 1.82) is 0 Å². The lowest BCUT2D eigenvalue weighted by Crippen LogP contribution is -2.33. The van der Waals surface area contributed by atoms with Crippen molar-refractivity contribution < 1.29 is 14.0 Å². The number of rotatable bonds is 7. The molecule has 2 aromatic carbocycles. The van der Waals surface area contributed by atoms with Gasteiger partial charge in [-0.25, -0.2) is 4.39 Å². The van der Waals surface area contributed by atoms with E-state index < -0.39 is 0 Å². The molecule has 3 N–H and O–H groups in total. The Kier molecular flexibility index (Phi) is 7.36. The van der Waals surface area contributed by atoms with Gasteiger partial charge in [-0.3, -0.25) is 9.59 Å². The normalized spacial score (nSPS) is 15.5. The summed E-state index contributed by atoms with van der Waals surface area (Å²) in [6.45, 7) is 4.68. The van der Waals surface area contributed by atoms with Crippen molar-refractivity contribution in [1.82, 2.24) is 10.6 Å². The smallest absolute Gasteiger partial charge is 0.255 e. The molecule has 1 aliphatic rings. The van der Waals surface area contributed by atoms with Gasteiger partial charge < -0.3 is 16.0 Å². The maximum absolute atomic E-state index is 12.9. The molecule has 0 bridgehead atoms. The van der Waals surface area contributed by atoms with Gasteiger partial charge >= 0.3 is 0 Å². The van der Waals surface area contributed by atoms with Crippen LogP contribution >= 0.6 is 0 Å². The van der Waals surface area contributed by atoms with Crippen molar-refractivity contribution in [3.8, 4) is 0 Å². The van der Waals surface area contributed by atoms with Gasteiger partial charge in [0.05, 0.1) is 0 Å². The van der Waals surface area contributed by atoms with E-state index in [4.69, 9.17) is 0 Å². The Morgan fingerprint density at radius 1 is 1.07 bits per heavy atom. The van der Waals surface area contributed by atoms with Crippen molar-refractivity contribution in [2.24, 2.45) is 11.8 Å². The predicted molar refractivity (Wildman–Crippen MR) is 112 cm³/mol. The van der Waals surface area contributed by atoms with Crippen molar-refractivity contribution in [2.75, 3.05) is 18.4 Å². The van der Waals surface area contributed by atoms with Crippen molar-refractivity contribution in [2.45, 2.75) is 32.7 Å². The largest absolute Gasteiger partial charge is 0.352 e. The third kappa shape index (κ3) is 6.39. The van der Waals surface area contributed by atoms with Crippen LogP contribution in [-0.4, -0.2) is 24.9 Å². The molecule has 1 atom stereocenters. The minimum absolute atomic E-state index is 0.0640. The highest BCUT2D eigenvalue weighted by molar-refractivity contribution is 6.04. The predicted octanol–water partition coefficient (Wildman–Crippen LogP) is 3.72. The van der Waals surface area contributed by atoms with E-state index in [1.54, 1.807) is 12.1 Å². The minimum Gasteiger partial charge on any atom is -0.352 e. The van der Waals surface area contributed by atoms with E-state index >= 15 is 0 Å². The van der Waals surface area contributed by atoms with Gasteiger partial charge in [-0.05, 0) is 79.7 Å². The highest BCUT2D eigenvalue weighted by atomic mass is 19.1. The first-order valence-electron chi connectivity index (χ1n) is 10.1. The van der Waals surface area contributed by atoms with E-state index in [2.05, 4.69) is 22.9 Å². The summed E-state index contributed by atoms with van der Waals surface area (Å²) in [7, 11) is 0. The summed E-state index contributed by atoms with van der Waals surface area (Å²) in [6, 6.07) is 12.7. The Morgan fingerprint density at radius 3 is 2.38 bits per heavy atom. The van der Waals surface area contributed by atoms with Crippen LogP contribution in [0.1, 0.15) is 42.1 Å². The lowest BCUT2D eigenvalue weighted by atomic mass is 9.84. The molecular formula is C23H28FN3O2. The number of anilines is 1. The summed E-state index contributed by atoms with van der Waals surface area (Å²) in [4.78, 5) is 24.5. The number of halogens is 1. The molecule has 0 saturated carbocycles. The zero-order chi connectivity index (χ0) is 20.6. The van der Waals surface area contributed by atoms with Crippen LogP contribution in [0.15, 0.2) is 48.5 Å². The fourth-order valence-corrected chi connectivity index (χ4v) is 3.66. The van der Waals surface area contributed by atoms with Crippen LogP contribution in [0.25, 0.3) is 0 Å². The summed E-state index contributed by atoms with van der Waals surface area (Å²) >= 11 is 0. The van der Waals surface area contributed by atoms with E-state index in [0.29, 0.717) is 36.1 Å². The molecule has 1 aliphatic heterocycles. The van der Waals surface area contributed by atoms with Crippen LogP contribution < -0.4 is 16.0 Å². The Bertz CT molecular complexity index is 815. The fourth-order valence-electron chi connectivity index (χ4n) is 3.66. The van der Waals surface area contributed by atoms with Gasteiger partial charge in [0.1, 0.15) is 5.82 Å². The SMILES string of the molecule is CC(CC(=O)NCc1ccc(C(=O)Nc2ccc(F)cc2)cc1)C1CCNCC1. The molecule has 29 heavy (non-hydrogen) atoms. The molecule has 3 rings (SSSR count). The molecule has 0 radical (unpaired) electrons. The quantitative estimate of drug-likeness (QED) is 0.667. The molecule has 2 aromatic rings. The summed E-state index contributed by atoms with van der Waals surface area (Å²) in [6.07, 6.45) is 2.81. The van der Waals surface area contributed by atoms with Crippen LogP contribution in [0.5, 0.6) is 0 Å². The summed E-state index contributed by atoms with van der Waals surface area (Å²) in [5.74, 6) is 0.451. The lowest BCUT2D eigenvalue weighted by molar-refractivity contribution is -0.122. The lowest BCUT2D eigenvalue weighted by Gasteiger charge is -2.27. The Morgan fingerprint density at radius 2 is 1.72 bits per heavy atom. The highest BCUT2D eigenvalue weighted by Gasteiger charge is 2.21. The number of hydrogen-bond acceptors (Lipinski definition) is 3. The zero-order valence-corrected chi connectivity index (χ0v) is 16.7. The first-order valence-corrected chi connectivity index (χ1v) is 10.1. The van der Waals surface area contributed by atoms with Gasteiger partial charge in [-0.2, -0.15) is 0 Å². The van der Waals surface area contributed by atoms with Crippen LogP contribution in [0.2, 0.25) is 0 Å². The van der Waals surface area contributed by atoms with Gasteiger partial charge in [0.25, 0.3) is 5.91 Å². The van der Waals surface area contributed by atoms with Gasteiger partial charge in [-0.15, -0.1) is 0 Å². The van der Waals surface area contributed by atoms with E-state index in [1.807, 2.05) is 12.1 Å². The van der Waals surface area contributed by atoms with Crippen molar-refractivity contribution >= 4 is 17.5 Å². The Balaban J connectivity index is 1.45. The third-order valence-electron chi connectivity index (χ3n) is 5.50. The second-order valence-corrected chi connectivity index (χ2v) is 7.70. The Hall–Kier alpha value is -2.73. The van der Waals surface area contributed by atoms with Gasteiger partial charge in [0, 0.05) is 24.2 Å². The monoisotopic (exact) mass is 397 g/mol. The molecule has 1 saturated heterocycles. The topological polar surface area (TPSA) is 70.2 Å². The first-order chi connectivity index (χ1) is 14.0. The molecule has 6 heteroatoms. The maximum atomic E-state index is 12.9. The van der Waals surface area contributed by atoms with E-state index in [1.165, 1.54) is 24.3 Å². The van der Waals surface area contributed by atoms with Crippen LogP contribution in [-0.2, 0) is 11.3 Å². The average Bonchev–Trinajstić information content (AvgIpc) is 2.75. The molecule has 154 valence electrons. The van der Waals surface area contributed by atoms with Crippen molar-refractivity contribution in [3.63, 3.8) is 0 Å². The minimum atomic E-state index is -0.348. The molecular weight excluding hydrogens is 369 g/mol. The van der Waals surface area contributed by atoms with Gasteiger partial charge in [0.2, 0.25) is 5.91 Å². The number of hydrogen-bond donors (Lipinski definition) is 3. The van der Waals surface area contributed by atoms with E-state index in [-0.39, 0.29) is 17.6 Å². The number of piperidine rings is 1. The van der Waals surface area contributed by atoms with Gasteiger partial charge in [-0.1, -0.05) is 19.1 Å². The average molecular weight is 397 g/mol. The summed E-state index contributed by atoms with van der Waals surface area (Å²) in [5, 5.41) is 9.05.